The third-order valence-electron chi connectivity index (χ3n) is 3.95. The normalized spacial score (nSPS) is 27.9. The SMILES string of the molecule is CC(C)(C)C(=O)C1CCCCC1C(C)(C)C. The zero-order chi connectivity index (χ0) is 12.6. The fourth-order valence-corrected chi connectivity index (χ4v) is 3.04. The monoisotopic (exact) mass is 224 g/mol. The van der Waals surface area contributed by atoms with Crippen LogP contribution in [0, 0.1) is 22.7 Å². The van der Waals surface area contributed by atoms with Crippen molar-refractivity contribution in [3.63, 3.8) is 0 Å². The van der Waals surface area contributed by atoms with E-state index in [9.17, 15) is 4.79 Å². The molecule has 0 aromatic carbocycles. The maximum absolute atomic E-state index is 12.5. The van der Waals surface area contributed by atoms with E-state index >= 15 is 0 Å². The fourth-order valence-electron chi connectivity index (χ4n) is 3.04. The molecule has 94 valence electrons. The van der Waals surface area contributed by atoms with Gasteiger partial charge in [0.1, 0.15) is 5.78 Å². The van der Waals surface area contributed by atoms with Gasteiger partial charge >= 0.3 is 0 Å². The van der Waals surface area contributed by atoms with Crippen LogP contribution in [0.3, 0.4) is 0 Å². The molecule has 0 saturated heterocycles. The van der Waals surface area contributed by atoms with E-state index < -0.39 is 0 Å². The minimum absolute atomic E-state index is 0.175. The molecule has 2 atom stereocenters. The Kier molecular flexibility index (Phi) is 3.87. The topological polar surface area (TPSA) is 17.1 Å². The van der Waals surface area contributed by atoms with Gasteiger partial charge < -0.3 is 0 Å². The molecule has 0 aliphatic heterocycles. The van der Waals surface area contributed by atoms with Crippen molar-refractivity contribution in [2.75, 3.05) is 0 Å². The second-order valence-corrected chi connectivity index (χ2v) is 7.48. The van der Waals surface area contributed by atoms with E-state index in [2.05, 4.69) is 41.5 Å². The van der Waals surface area contributed by atoms with Crippen molar-refractivity contribution in [2.24, 2.45) is 22.7 Å². The number of carbonyl (C=O) groups excluding carboxylic acids is 1. The van der Waals surface area contributed by atoms with Crippen LogP contribution >= 0.6 is 0 Å². The van der Waals surface area contributed by atoms with Crippen molar-refractivity contribution < 1.29 is 4.79 Å². The lowest BCUT2D eigenvalue weighted by molar-refractivity contribution is -0.135. The number of carbonyl (C=O) groups is 1. The lowest BCUT2D eigenvalue weighted by Crippen LogP contribution is -2.40. The number of hydrogen-bond donors (Lipinski definition) is 0. The molecule has 1 aliphatic carbocycles. The van der Waals surface area contributed by atoms with Crippen LogP contribution in [0.2, 0.25) is 0 Å². The number of hydrogen-bond acceptors (Lipinski definition) is 1. The Labute approximate surface area is 101 Å². The lowest BCUT2D eigenvalue weighted by atomic mass is 9.62. The van der Waals surface area contributed by atoms with E-state index in [1.807, 2.05) is 0 Å². The second kappa shape index (κ2) is 4.50. The summed E-state index contributed by atoms with van der Waals surface area (Å²) < 4.78 is 0. The van der Waals surface area contributed by atoms with Crippen molar-refractivity contribution in [3.05, 3.63) is 0 Å². The van der Waals surface area contributed by atoms with E-state index in [1.165, 1.54) is 19.3 Å². The summed E-state index contributed by atoms with van der Waals surface area (Å²) in [5.74, 6) is 1.36. The van der Waals surface area contributed by atoms with Crippen molar-refractivity contribution in [3.8, 4) is 0 Å². The predicted molar refractivity (Wildman–Crippen MR) is 69.4 cm³/mol. The van der Waals surface area contributed by atoms with Crippen molar-refractivity contribution in [2.45, 2.75) is 67.2 Å². The van der Waals surface area contributed by atoms with Gasteiger partial charge in [-0.1, -0.05) is 54.4 Å². The largest absolute Gasteiger partial charge is 0.299 e. The molecule has 0 aromatic rings. The van der Waals surface area contributed by atoms with Crippen LogP contribution in [0.25, 0.3) is 0 Å². The fraction of sp³-hybridized carbons (Fsp3) is 0.933. The molecule has 2 unspecified atom stereocenters. The summed E-state index contributed by atoms with van der Waals surface area (Å²) in [5, 5.41) is 0. The van der Waals surface area contributed by atoms with E-state index in [4.69, 9.17) is 0 Å². The highest BCUT2D eigenvalue weighted by atomic mass is 16.1. The van der Waals surface area contributed by atoms with Crippen molar-refractivity contribution >= 4 is 5.78 Å². The van der Waals surface area contributed by atoms with Gasteiger partial charge in [0.25, 0.3) is 0 Å². The summed E-state index contributed by atoms with van der Waals surface area (Å²) in [6.45, 7) is 13.0. The first-order valence-electron chi connectivity index (χ1n) is 6.68. The Hall–Kier alpha value is -0.330. The third-order valence-corrected chi connectivity index (χ3v) is 3.95. The predicted octanol–water partition coefficient (Wildman–Crippen LogP) is 4.45. The number of rotatable bonds is 1. The van der Waals surface area contributed by atoms with Crippen LogP contribution in [0.5, 0.6) is 0 Å². The molecule has 1 heteroatoms. The van der Waals surface area contributed by atoms with Gasteiger partial charge in [0.05, 0.1) is 0 Å². The van der Waals surface area contributed by atoms with E-state index in [1.54, 1.807) is 0 Å². The molecule has 0 aromatic heterocycles. The molecule has 0 bridgehead atoms. The third kappa shape index (κ3) is 3.09. The average molecular weight is 224 g/mol. The molecule has 0 amide bonds. The standard InChI is InChI=1S/C15H28O/c1-14(2,3)12-10-8-7-9-11(12)13(16)15(4,5)6/h11-12H,7-10H2,1-6H3. The average Bonchev–Trinajstić information content (AvgIpc) is 2.14. The molecule has 1 rings (SSSR count). The van der Waals surface area contributed by atoms with Gasteiger partial charge in [-0.25, -0.2) is 0 Å². The van der Waals surface area contributed by atoms with E-state index in [0.29, 0.717) is 17.6 Å². The molecule has 1 nitrogen and oxygen atoms in total. The number of ketones is 1. The minimum Gasteiger partial charge on any atom is -0.299 e. The van der Waals surface area contributed by atoms with Crippen molar-refractivity contribution in [1.29, 1.82) is 0 Å². The minimum atomic E-state index is -0.175. The first-order chi connectivity index (χ1) is 7.14. The summed E-state index contributed by atoms with van der Waals surface area (Å²) in [4.78, 5) is 12.5. The molecule has 0 N–H and O–H groups in total. The highest BCUT2D eigenvalue weighted by Gasteiger charge is 2.41. The van der Waals surface area contributed by atoms with Gasteiger partial charge in [-0.3, -0.25) is 4.79 Å². The smallest absolute Gasteiger partial charge is 0.141 e. The van der Waals surface area contributed by atoms with Gasteiger partial charge in [0.2, 0.25) is 0 Å². The molecule has 0 spiro atoms. The van der Waals surface area contributed by atoms with E-state index in [-0.39, 0.29) is 10.8 Å². The summed E-state index contributed by atoms with van der Waals surface area (Å²) >= 11 is 0. The molecular weight excluding hydrogens is 196 g/mol. The van der Waals surface area contributed by atoms with Crippen LogP contribution in [0.4, 0.5) is 0 Å². The first-order valence-corrected chi connectivity index (χ1v) is 6.68. The van der Waals surface area contributed by atoms with Crippen molar-refractivity contribution in [1.82, 2.24) is 0 Å². The Morgan fingerprint density at radius 1 is 0.938 bits per heavy atom. The second-order valence-electron chi connectivity index (χ2n) is 7.48. The zero-order valence-corrected chi connectivity index (χ0v) is 11.9. The van der Waals surface area contributed by atoms with Gasteiger partial charge in [0, 0.05) is 11.3 Å². The summed E-state index contributed by atoms with van der Waals surface area (Å²) in [6, 6.07) is 0. The summed E-state index contributed by atoms with van der Waals surface area (Å²) in [7, 11) is 0. The van der Waals surface area contributed by atoms with Gasteiger partial charge in [-0.15, -0.1) is 0 Å². The van der Waals surface area contributed by atoms with E-state index in [0.717, 1.165) is 6.42 Å². The van der Waals surface area contributed by atoms with Crippen LogP contribution in [-0.4, -0.2) is 5.78 Å². The van der Waals surface area contributed by atoms with Gasteiger partial charge in [0.15, 0.2) is 0 Å². The maximum Gasteiger partial charge on any atom is 0.141 e. The zero-order valence-electron chi connectivity index (χ0n) is 11.9. The quantitative estimate of drug-likeness (QED) is 0.643. The Bertz CT molecular complexity index is 252. The highest BCUT2D eigenvalue weighted by Crippen LogP contribution is 2.44. The molecule has 1 aliphatic rings. The molecule has 1 fully saturated rings. The van der Waals surface area contributed by atoms with Crippen LogP contribution < -0.4 is 0 Å². The lowest BCUT2D eigenvalue weighted by Gasteiger charge is -2.41. The Balaban J connectivity index is 2.87. The van der Waals surface area contributed by atoms with Crippen LogP contribution in [0.15, 0.2) is 0 Å². The molecule has 16 heavy (non-hydrogen) atoms. The van der Waals surface area contributed by atoms with Gasteiger partial charge in [-0.05, 0) is 24.2 Å². The maximum atomic E-state index is 12.5. The molecular formula is C15H28O. The highest BCUT2D eigenvalue weighted by molar-refractivity contribution is 5.86. The van der Waals surface area contributed by atoms with Gasteiger partial charge in [-0.2, -0.15) is 0 Å². The Morgan fingerprint density at radius 2 is 1.44 bits per heavy atom. The summed E-state index contributed by atoms with van der Waals surface area (Å²) in [6.07, 6.45) is 4.88. The molecule has 0 heterocycles. The number of Topliss-reactive ketones (excluding diaryl/α,β-unsaturated/α-hetero) is 1. The Morgan fingerprint density at radius 3 is 1.88 bits per heavy atom. The molecule has 1 saturated carbocycles. The summed E-state index contributed by atoms with van der Waals surface area (Å²) in [5.41, 5.74) is 0.0947. The van der Waals surface area contributed by atoms with Crippen LogP contribution in [0.1, 0.15) is 67.2 Å². The molecule has 0 radical (unpaired) electrons. The first kappa shape index (κ1) is 13.7. The van der Waals surface area contributed by atoms with Crippen LogP contribution in [-0.2, 0) is 4.79 Å².